The van der Waals surface area contributed by atoms with Gasteiger partial charge < -0.3 is 15.5 Å². The van der Waals surface area contributed by atoms with Crippen molar-refractivity contribution in [1.29, 1.82) is 0 Å². The van der Waals surface area contributed by atoms with E-state index in [1.54, 1.807) is 23.3 Å². The highest BCUT2D eigenvalue weighted by atomic mass is 32.1. The van der Waals surface area contributed by atoms with Gasteiger partial charge in [-0.3, -0.25) is 14.8 Å². The van der Waals surface area contributed by atoms with Crippen LogP contribution in [0, 0.1) is 12.8 Å². The maximum Gasteiger partial charge on any atom is 0.306 e. The minimum atomic E-state index is -0.777. The van der Waals surface area contributed by atoms with Crippen LogP contribution in [0.5, 0.6) is 0 Å². The van der Waals surface area contributed by atoms with Gasteiger partial charge in [-0.15, -0.1) is 11.3 Å². The van der Waals surface area contributed by atoms with Crippen LogP contribution in [0.1, 0.15) is 66.9 Å². The summed E-state index contributed by atoms with van der Waals surface area (Å²) < 4.78 is 1.80. The molecule has 39 heavy (non-hydrogen) atoms. The molecule has 1 fully saturated rings. The predicted octanol–water partition coefficient (Wildman–Crippen LogP) is 4.96. The van der Waals surface area contributed by atoms with Gasteiger partial charge in [0.25, 0.3) is 0 Å². The molecule has 1 aliphatic rings. The van der Waals surface area contributed by atoms with Crippen LogP contribution < -0.4 is 10.6 Å². The molecule has 0 aliphatic heterocycles. The molecule has 0 spiro atoms. The van der Waals surface area contributed by atoms with Crippen molar-refractivity contribution in [3.05, 3.63) is 70.1 Å². The maximum atomic E-state index is 11.1. The Hall–Kier alpha value is -3.67. The van der Waals surface area contributed by atoms with E-state index in [9.17, 15) is 9.90 Å². The van der Waals surface area contributed by atoms with Gasteiger partial charge in [0, 0.05) is 36.1 Å². The van der Waals surface area contributed by atoms with E-state index in [1.165, 1.54) is 11.3 Å². The van der Waals surface area contributed by atoms with Crippen LogP contribution in [0.4, 0.5) is 11.6 Å². The lowest BCUT2D eigenvalue weighted by atomic mass is 9.80. The zero-order chi connectivity index (χ0) is 27.7. The van der Waals surface area contributed by atoms with Crippen LogP contribution in [0.3, 0.4) is 0 Å². The minimum absolute atomic E-state index is 0.0447. The van der Waals surface area contributed by atoms with Crippen LogP contribution in [0.2, 0.25) is 0 Å². The van der Waals surface area contributed by atoms with Gasteiger partial charge in [0.05, 0.1) is 39.4 Å². The lowest BCUT2D eigenvalue weighted by Gasteiger charge is -2.32. The molecular formula is C28H33N7O3S. The molecule has 4 aromatic rings. The quantitative estimate of drug-likeness (QED) is 0.214. The van der Waals surface area contributed by atoms with Crippen LogP contribution in [0.25, 0.3) is 11.3 Å². The van der Waals surface area contributed by atoms with Crippen molar-refractivity contribution < 1.29 is 15.0 Å². The van der Waals surface area contributed by atoms with Crippen molar-refractivity contribution in [3.63, 3.8) is 0 Å². The molecule has 0 saturated heterocycles. The fourth-order valence-corrected chi connectivity index (χ4v) is 5.37. The molecule has 3 aromatic heterocycles. The number of hydrogen-bond acceptors (Lipinski definition) is 9. The lowest BCUT2D eigenvalue weighted by Crippen LogP contribution is -2.32. The summed E-state index contributed by atoms with van der Waals surface area (Å²) in [6.45, 7) is 8.90. The Labute approximate surface area is 231 Å². The summed E-state index contributed by atoms with van der Waals surface area (Å²) >= 11 is 1.53. The van der Waals surface area contributed by atoms with E-state index in [2.05, 4.69) is 57.5 Å². The molecule has 204 valence electrons. The minimum Gasteiger partial charge on any atom is -0.481 e. The Morgan fingerprint density at radius 3 is 2.69 bits per heavy atom. The number of aryl methyl sites for hydroxylation is 1. The van der Waals surface area contributed by atoms with E-state index < -0.39 is 12.2 Å². The lowest BCUT2D eigenvalue weighted by molar-refractivity contribution is -0.146. The van der Waals surface area contributed by atoms with Crippen LogP contribution in [-0.2, 0) is 16.8 Å². The molecule has 0 radical (unpaired) electrons. The molecular weight excluding hydrogens is 514 g/mol. The number of benzene rings is 1. The molecule has 1 aromatic carbocycles. The summed E-state index contributed by atoms with van der Waals surface area (Å²) in [5.41, 5.74) is 4.62. The smallest absolute Gasteiger partial charge is 0.306 e. The molecule has 1 saturated carbocycles. The second-order valence-electron chi connectivity index (χ2n) is 11.0. The molecule has 3 heterocycles. The van der Waals surface area contributed by atoms with E-state index in [0.29, 0.717) is 25.3 Å². The molecule has 1 aliphatic carbocycles. The molecule has 0 bridgehead atoms. The number of carboxylic acids is 1. The van der Waals surface area contributed by atoms with Crippen LogP contribution in [0.15, 0.2) is 49.1 Å². The monoisotopic (exact) mass is 547 g/mol. The summed E-state index contributed by atoms with van der Waals surface area (Å²) in [4.78, 5) is 25.3. The van der Waals surface area contributed by atoms with E-state index in [-0.39, 0.29) is 17.4 Å². The number of aliphatic hydroxyl groups excluding tert-OH is 1. The number of nitrogens with zero attached hydrogens (tertiary/aromatic N) is 5. The summed E-state index contributed by atoms with van der Waals surface area (Å²) in [7, 11) is 0. The first-order chi connectivity index (χ1) is 18.6. The van der Waals surface area contributed by atoms with Crippen molar-refractivity contribution in [2.75, 3.05) is 5.32 Å². The molecule has 10 nitrogen and oxygen atoms in total. The number of carbonyl (C=O) groups is 1. The second-order valence-corrected chi connectivity index (χ2v) is 12.1. The highest BCUT2D eigenvalue weighted by Gasteiger charge is 2.36. The standard InChI is InChI=1S/C28H33N7O3S/c1-16-9-17(5-6-18(16)12-30-24(36)23-14-31-26(39-23)28(2,3)4)22-7-8-29-27(34-22)33-20-13-32-35(15-20)21-10-19(11-21)25(37)38/h5-9,13-15,19,21,24,30,36H,10-12H2,1-4H3,(H,37,38)(H,29,33,34). The van der Waals surface area contributed by atoms with Gasteiger partial charge in [-0.25, -0.2) is 15.0 Å². The Bertz CT molecular complexity index is 1470. The first-order valence-corrected chi connectivity index (χ1v) is 13.7. The number of carboxylic acid groups (broad SMARTS) is 1. The number of aliphatic hydroxyl groups is 1. The molecule has 0 amide bonds. The van der Waals surface area contributed by atoms with Gasteiger partial charge in [0.15, 0.2) is 0 Å². The predicted molar refractivity (Wildman–Crippen MR) is 150 cm³/mol. The SMILES string of the molecule is Cc1cc(-c2ccnc(Nc3cnn(C4CC(C(=O)O)C4)c3)n2)ccc1CNC(O)c1cnc(C(C)(C)C)s1. The van der Waals surface area contributed by atoms with Gasteiger partial charge in [0.1, 0.15) is 6.23 Å². The average molecular weight is 548 g/mol. The zero-order valence-corrected chi connectivity index (χ0v) is 23.2. The second kappa shape index (κ2) is 10.8. The van der Waals surface area contributed by atoms with Crippen molar-refractivity contribution in [2.45, 2.75) is 64.8 Å². The third kappa shape index (κ3) is 6.16. The first kappa shape index (κ1) is 26.9. The van der Waals surface area contributed by atoms with Crippen molar-refractivity contribution in [1.82, 2.24) is 30.0 Å². The number of aliphatic carboxylic acids is 1. The molecule has 5 rings (SSSR count). The average Bonchev–Trinajstić information content (AvgIpc) is 3.52. The number of nitrogens with one attached hydrogen (secondary N) is 2. The highest BCUT2D eigenvalue weighted by Crippen LogP contribution is 2.38. The third-order valence-electron chi connectivity index (χ3n) is 6.91. The number of aromatic nitrogens is 5. The fourth-order valence-electron chi connectivity index (χ4n) is 4.44. The zero-order valence-electron chi connectivity index (χ0n) is 22.4. The van der Waals surface area contributed by atoms with Gasteiger partial charge in [-0.05, 0) is 43.0 Å². The van der Waals surface area contributed by atoms with Gasteiger partial charge >= 0.3 is 5.97 Å². The maximum absolute atomic E-state index is 11.1. The Morgan fingerprint density at radius 1 is 1.21 bits per heavy atom. The number of thiazole rings is 1. The Balaban J connectivity index is 1.20. The van der Waals surface area contributed by atoms with Gasteiger partial charge in [0.2, 0.25) is 5.95 Å². The topological polar surface area (TPSA) is 138 Å². The van der Waals surface area contributed by atoms with Gasteiger partial charge in [-0.1, -0.05) is 32.9 Å². The largest absolute Gasteiger partial charge is 0.481 e. The third-order valence-corrected chi connectivity index (χ3v) is 8.38. The molecule has 1 atom stereocenters. The van der Waals surface area contributed by atoms with E-state index in [1.807, 2.05) is 31.3 Å². The van der Waals surface area contributed by atoms with E-state index >= 15 is 0 Å². The molecule has 11 heteroatoms. The van der Waals surface area contributed by atoms with Crippen molar-refractivity contribution >= 4 is 28.9 Å². The summed E-state index contributed by atoms with van der Waals surface area (Å²) in [6.07, 6.45) is 7.41. The number of rotatable bonds is 9. The van der Waals surface area contributed by atoms with Gasteiger partial charge in [-0.2, -0.15) is 5.10 Å². The van der Waals surface area contributed by atoms with E-state index in [0.717, 1.165) is 38.0 Å². The van der Waals surface area contributed by atoms with Crippen LogP contribution >= 0.6 is 11.3 Å². The molecule has 4 N–H and O–H groups in total. The summed E-state index contributed by atoms with van der Waals surface area (Å²) in [6, 6.07) is 8.10. The highest BCUT2D eigenvalue weighted by molar-refractivity contribution is 7.11. The number of hydrogen-bond donors (Lipinski definition) is 4. The normalized spacial score (nSPS) is 18.0. The summed E-state index contributed by atoms with van der Waals surface area (Å²) in [5.74, 6) is -0.578. The Morgan fingerprint density at radius 2 is 2.00 bits per heavy atom. The van der Waals surface area contributed by atoms with Crippen molar-refractivity contribution in [3.8, 4) is 11.3 Å². The fraction of sp³-hybridized carbons (Fsp3) is 0.393. The summed E-state index contributed by atoms with van der Waals surface area (Å²) in [5, 5.41) is 31.5. The van der Waals surface area contributed by atoms with Crippen molar-refractivity contribution in [2.24, 2.45) is 5.92 Å². The van der Waals surface area contributed by atoms with E-state index in [4.69, 9.17) is 5.11 Å². The molecule has 1 unspecified atom stereocenters. The Kier molecular flexibility index (Phi) is 7.48. The number of anilines is 2. The van der Waals surface area contributed by atoms with Crippen LogP contribution in [-0.4, -0.2) is 40.9 Å². The first-order valence-electron chi connectivity index (χ1n) is 12.9.